The maximum Gasteiger partial charge on any atom is 0.235 e. The summed E-state index contributed by atoms with van der Waals surface area (Å²) < 4.78 is 49.0. The van der Waals surface area contributed by atoms with E-state index in [4.69, 9.17) is 4.74 Å². The Morgan fingerprint density at radius 3 is 2.34 bits per heavy atom. The van der Waals surface area contributed by atoms with E-state index in [1.54, 1.807) is 23.6 Å². The topological polar surface area (TPSA) is 69.0 Å². The highest BCUT2D eigenvalue weighted by Gasteiger charge is 2.22. The van der Waals surface area contributed by atoms with Crippen LogP contribution in [0.15, 0.2) is 47.6 Å². The third-order valence-electron chi connectivity index (χ3n) is 4.36. The lowest BCUT2D eigenvalue weighted by Gasteiger charge is -2.18. The first kappa shape index (κ1) is 23.6. The van der Waals surface area contributed by atoms with E-state index in [9.17, 15) is 18.0 Å². The third-order valence-corrected chi connectivity index (χ3v) is 5.32. The normalized spacial score (nSPS) is 12.1. The van der Waals surface area contributed by atoms with E-state index in [0.717, 1.165) is 23.9 Å². The minimum atomic E-state index is -0.854. The highest BCUT2D eigenvalue weighted by Crippen LogP contribution is 2.27. The van der Waals surface area contributed by atoms with Crippen molar-refractivity contribution < 1.29 is 22.7 Å². The van der Waals surface area contributed by atoms with Crippen molar-refractivity contribution in [2.45, 2.75) is 38.6 Å². The smallest absolute Gasteiger partial charge is 0.235 e. The molecule has 1 amide bonds. The van der Waals surface area contributed by atoms with Crippen LogP contribution in [0.3, 0.4) is 0 Å². The quantitative estimate of drug-likeness (QED) is 0.440. The molecule has 0 radical (unpaired) electrons. The van der Waals surface area contributed by atoms with Gasteiger partial charge < -0.3 is 14.6 Å². The second-order valence-electron chi connectivity index (χ2n) is 7.47. The summed E-state index contributed by atoms with van der Waals surface area (Å²) in [5.74, 6) is -2.11. The van der Waals surface area contributed by atoms with Crippen molar-refractivity contribution in [3.63, 3.8) is 0 Å². The largest absolute Gasteiger partial charge is 0.480 e. The molecule has 32 heavy (non-hydrogen) atoms. The number of thioether (sulfide) groups is 1. The number of amides is 1. The van der Waals surface area contributed by atoms with Gasteiger partial charge in [-0.3, -0.25) is 4.79 Å². The predicted molar refractivity (Wildman–Crippen MR) is 116 cm³/mol. The molecule has 1 aromatic heterocycles. The van der Waals surface area contributed by atoms with Crippen LogP contribution in [0, 0.1) is 23.4 Å². The van der Waals surface area contributed by atoms with Gasteiger partial charge in [-0.05, 0) is 37.1 Å². The van der Waals surface area contributed by atoms with Crippen LogP contribution in [-0.4, -0.2) is 26.4 Å². The summed E-state index contributed by atoms with van der Waals surface area (Å²) in [6, 6.07) is 9.41. The van der Waals surface area contributed by atoms with E-state index in [2.05, 4.69) is 15.5 Å². The Morgan fingerprint density at radius 2 is 1.69 bits per heavy atom. The second-order valence-corrected chi connectivity index (χ2v) is 8.41. The molecular weight excluding hydrogens is 441 g/mol. The van der Waals surface area contributed by atoms with Crippen LogP contribution in [0.5, 0.6) is 5.75 Å². The first-order chi connectivity index (χ1) is 15.3. The standard InChI is InChI=1S/C22H23F3N4O2S/c1-13(2)11-29-21(14(3)31-18-10-5-4-7-15(18)23)27-28-22(29)32-12-19(30)26-20-16(24)8-6-9-17(20)25/h4-10,13-14H,11-12H2,1-3H3,(H,26,30). The Kier molecular flexibility index (Phi) is 7.79. The van der Waals surface area contributed by atoms with Crippen LogP contribution in [0.2, 0.25) is 0 Å². The zero-order valence-electron chi connectivity index (χ0n) is 17.8. The van der Waals surface area contributed by atoms with Gasteiger partial charge in [0.1, 0.15) is 17.3 Å². The molecule has 3 rings (SSSR count). The van der Waals surface area contributed by atoms with Crippen LogP contribution in [0.4, 0.5) is 18.9 Å². The van der Waals surface area contributed by atoms with E-state index in [-0.39, 0.29) is 17.4 Å². The molecule has 10 heteroatoms. The predicted octanol–water partition coefficient (Wildman–Crippen LogP) is 5.22. The Hall–Kier alpha value is -3.01. The molecule has 0 saturated heterocycles. The monoisotopic (exact) mass is 464 g/mol. The van der Waals surface area contributed by atoms with E-state index in [1.165, 1.54) is 18.2 Å². The van der Waals surface area contributed by atoms with Gasteiger partial charge in [0.15, 0.2) is 28.7 Å². The molecule has 1 N–H and O–H groups in total. The van der Waals surface area contributed by atoms with Crippen molar-refractivity contribution in [3.8, 4) is 5.75 Å². The lowest BCUT2D eigenvalue weighted by atomic mass is 10.2. The van der Waals surface area contributed by atoms with Crippen molar-refractivity contribution in [1.82, 2.24) is 14.8 Å². The molecule has 1 unspecified atom stereocenters. The first-order valence-electron chi connectivity index (χ1n) is 9.97. The summed E-state index contributed by atoms with van der Waals surface area (Å²) in [5.41, 5.74) is -0.491. The SMILES string of the molecule is CC(C)Cn1c(SCC(=O)Nc2c(F)cccc2F)nnc1C(C)Oc1ccccc1F. The highest BCUT2D eigenvalue weighted by molar-refractivity contribution is 7.99. The van der Waals surface area contributed by atoms with Crippen LogP contribution in [-0.2, 0) is 11.3 Å². The van der Waals surface area contributed by atoms with Crippen molar-refractivity contribution in [2.24, 2.45) is 5.92 Å². The number of halogens is 3. The molecule has 0 bridgehead atoms. The van der Waals surface area contributed by atoms with Gasteiger partial charge in [-0.15, -0.1) is 10.2 Å². The fourth-order valence-corrected chi connectivity index (χ4v) is 3.71. The number of carbonyl (C=O) groups excluding carboxylic acids is 1. The fourth-order valence-electron chi connectivity index (χ4n) is 2.95. The minimum absolute atomic E-state index is 0.0968. The zero-order valence-corrected chi connectivity index (χ0v) is 18.6. The van der Waals surface area contributed by atoms with Crippen molar-refractivity contribution in [3.05, 3.63) is 65.7 Å². The van der Waals surface area contributed by atoms with Gasteiger partial charge in [-0.2, -0.15) is 0 Å². The van der Waals surface area contributed by atoms with Gasteiger partial charge in [-0.1, -0.05) is 43.8 Å². The van der Waals surface area contributed by atoms with E-state index < -0.39 is 35.2 Å². The molecule has 0 aliphatic rings. The van der Waals surface area contributed by atoms with E-state index in [1.807, 2.05) is 13.8 Å². The minimum Gasteiger partial charge on any atom is -0.480 e. The molecule has 6 nitrogen and oxygen atoms in total. The molecule has 0 aliphatic heterocycles. The number of anilines is 1. The van der Waals surface area contributed by atoms with Gasteiger partial charge in [0.2, 0.25) is 5.91 Å². The van der Waals surface area contributed by atoms with Crippen molar-refractivity contribution >= 4 is 23.4 Å². The summed E-state index contributed by atoms with van der Waals surface area (Å²) in [4.78, 5) is 12.3. The number of aromatic nitrogens is 3. The molecular formula is C22H23F3N4O2S. The van der Waals surface area contributed by atoms with Gasteiger partial charge in [-0.25, -0.2) is 13.2 Å². The molecule has 1 atom stereocenters. The maximum atomic E-state index is 14.0. The molecule has 2 aromatic carbocycles. The van der Waals surface area contributed by atoms with Crippen LogP contribution in [0.25, 0.3) is 0 Å². The Morgan fingerprint density at radius 1 is 1.03 bits per heavy atom. The zero-order chi connectivity index (χ0) is 23.3. The molecule has 0 aliphatic carbocycles. The molecule has 0 spiro atoms. The number of nitrogens with zero attached hydrogens (tertiary/aromatic N) is 3. The summed E-state index contributed by atoms with van der Waals surface area (Å²) in [6.45, 7) is 6.29. The van der Waals surface area contributed by atoms with Crippen LogP contribution in [0.1, 0.15) is 32.7 Å². The maximum absolute atomic E-state index is 14.0. The van der Waals surface area contributed by atoms with Crippen molar-refractivity contribution in [1.29, 1.82) is 0 Å². The Balaban J connectivity index is 1.73. The van der Waals surface area contributed by atoms with Gasteiger partial charge in [0.25, 0.3) is 0 Å². The highest BCUT2D eigenvalue weighted by atomic mass is 32.2. The van der Waals surface area contributed by atoms with Gasteiger partial charge >= 0.3 is 0 Å². The molecule has 3 aromatic rings. The summed E-state index contributed by atoms with van der Waals surface area (Å²) in [7, 11) is 0. The van der Waals surface area contributed by atoms with Crippen molar-refractivity contribution in [2.75, 3.05) is 11.1 Å². The summed E-state index contributed by atoms with van der Waals surface area (Å²) in [5, 5.41) is 11.0. The number of benzene rings is 2. The molecule has 0 saturated carbocycles. The summed E-state index contributed by atoms with van der Waals surface area (Å²) >= 11 is 1.08. The number of ether oxygens (including phenoxy) is 1. The average molecular weight is 465 g/mol. The number of rotatable bonds is 9. The number of nitrogens with one attached hydrogen (secondary N) is 1. The number of hydrogen-bond donors (Lipinski definition) is 1. The number of hydrogen-bond acceptors (Lipinski definition) is 5. The second kappa shape index (κ2) is 10.5. The van der Waals surface area contributed by atoms with Gasteiger partial charge in [0, 0.05) is 6.54 Å². The summed E-state index contributed by atoms with van der Waals surface area (Å²) in [6.07, 6.45) is -0.603. The van der Waals surface area contributed by atoms with Crippen LogP contribution < -0.4 is 10.1 Å². The lowest BCUT2D eigenvalue weighted by molar-refractivity contribution is -0.113. The average Bonchev–Trinajstić information content (AvgIpc) is 3.13. The molecule has 0 fully saturated rings. The molecule has 1 heterocycles. The number of para-hydroxylation sites is 2. The Labute approximate surface area is 188 Å². The number of carbonyl (C=O) groups is 1. The first-order valence-corrected chi connectivity index (χ1v) is 11.0. The van der Waals surface area contributed by atoms with Gasteiger partial charge in [0.05, 0.1) is 5.75 Å². The third kappa shape index (κ3) is 5.82. The van der Waals surface area contributed by atoms with E-state index in [0.29, 0.717) is 17.5 Å². The fraction of sp³-hybridized carbons (Fsp3) is 0.318. The van der Waals surface area contributed by atoms with Crippen LogP contribution >= 0.6 is 11.8 Å². The Bertz CT molecular complexity index is 1070. The lowest BCUT2D eigenvalue weighted by Crippen LogP contribution is -2.18. The van der Waals surface area contributed by atoms with E-state index >= 15 is 0 Å². The molecule has 170 valence electrons.